The number of nitrogens with one attached hydrogen (secondary N) is 1. The van der Waals surface area contributed by atoms with Crippen LogP contribution in [0.15, 0.2) is 24.3 Å². The predicted molar refractivity (Wildman–Crippen MR) is 69.8 cm³/mol. The van der Waals surface area contributed by atoms with Gasteiger partial charge >= 0.3 is 0 Å². The number of hydrogen-bond donors (Lipinski definition) is 1. The van der Waals surface area contributed by atoms with Crippen LogP contribution < -0.4 is 5.32 Å². The van der Waals surface area contributed by atoms with Crippen molar-refractivity contribution in [2.24, 2.45) is 5.92 Å². The molecule has 2 atom stereocenters. The van der Waals surface area contributed by atoms with Crippen LogP contribution >= 0.6 is 0 Å². The van der Waals surface area contributed by atoms with E-state index in [0.717, 1.165) is 25.9 Å². The van der Waals surface area contributed by atoms with Crippen molar-refractivity contribution in [3.8, 4) is 0 Å². The van der Waals surface area contributed by atoms with E-state index in [9.17, 15) is 9.59 Å². The lowest BCUT2D eigenvalue weighted by molar-refractivity contribution is -0.130. The minimum absolute atomic E-state index is 0.0726. The first kappa shape index (κ1) is 12.9. The monoisotopic (exact) mass is 248 g/mol. The summed E-state index contributed by atoms with van der Waals surface area (Å²) >= 11 is 0. The number of carbonyl (C=O) groups excluding carboxylic acids is 2. The van der Waals surface area contributed by atoms with Crippen LogP contribution in [0.25, 0.3) is 0 Å². The molecule has 0 radical (unpaired) electrons. The number of allylic oxidation sites excluding steroid dienone is 3. The second kappa shape index (κ2) is 5.85. The molecule has 4 heteroatoms. The fourth-order valence-corrected chi connectivity index (χ4v) is 2.66. The highest BCUT2D eigenvalue weighted by Gasteiger charge is 2.34. The quantitative estimate of drug-likeness (QED) is 0.590. The number of fused-ring (bicyclic) bond motifs is 1. The lowest BCUT2D eigenvalue weighted by Crippen LogP contribution is -2.54. The summed E-state index contributed by atoms with van der Waals surface area (Å²) in [5.41, 5.74) is 0. The summed E-state index contributed by atoms with van der Waals surface area (Å²) in [5, 5.41) is 3.02. The Morgan fingerprint density at radius 2 is 2.22 bits per heavy atom. The van der Waals surface area contributed by atoms with Crippen molar-refractivity contribution < 1.29 is 9.59 Å². The van der Waals surface area contributed by atoms with Crippen molar-refractivity contribution in [3.05, 3.63) is 24.3 Å². The van der Waals surface area contributed by atoms with E-state index in [1.165, 1.54) is 0 Å². The zero-order valence-corrected chi connectivity index (χ0v) is 10.8. The normalized spacial score (nSPS) is 28.5. The molecule has 0 spiro atoms. The van der Waals surface area contributed by atoms with Crippen LogP contribution in [0.2, 0.25) is 0 Å². The first-order chi connectivity index (χ1) is 8.70. The molecule has 2 aliphatic heterocycles. The van der Waals surface area contributed by atoms with E-state index in [1.807, 2.05) is 24.0 Å². The number of rotatable bonds is 2. The Hall–Kier alpha value is -1.58. The van der Waals surface area contributed by atoms with Gasteiger partial charge in [0.25, 0.3) is 0 Å². The summed E-state index contributed by atoms with van der Waals surface area (Å²) in [6, 6.07) is 0.273. The van der Waals surface area contributed by atoms with Gasteiger partial charge in [0.1, 0.15) is 0 Å². The molecule has 18 heavy (non-hydrogen) atoms. The van der Waals surface area contributed by atoms with Gasteiger partial charge in [0.15, 0.2) is 0 Å². The molecule has 0 saturated carbocycles. The van der Waals surface area contributed by atoms with Crippen molar-refractivity contribution in [1.29, 1.82) is 0 Å². The number of likely N-dealkylation sites (tertiary alicyclic amines) is 1. The molecule has 0 aromatic heterocycles. The number of amides is 2. The average Bonchev–Trinajstić information content (AvgIpc) is 2.38. The molecule has 2 unspecified atom stereocenters. The number of nitrogens with zero attached hydrogens (tertiary/aromatic N) is 1. The number of piperidine rings is 2. The fourth-order valence-electron chi connectivity index (χ4n) is 2.66. The summed E-state index contributed by atoms with van der Waals surface area (Å²) in [5.74, 6) is 0.656. The molecule has 0 aromatic rings. The Balaban J connectivity index is 1.90. The highest BCUT2D eigenvalue weighted by molar-refractivity contribution is 5.88. The molecule has 0 aliphatic carbocycles. The lowest BCUT2D eigenvalue weighted by atomic mass is 9.85. The Kier molecular flexibility index (Phi) is 4.18. The highest BCUT2D eigenvalue weighted by atomic mass is 16.2. The predicted octanol–water partition coefficient (Wildman–Crippen LogP) is 1.25. The minimum atomic E-state index is 0.0726. The summed E-state index contributed by atoms with van der Waals surface area (Å²) in [7, 11) is 0. The maximum absolute atomic E-state index is 11.9. The number of hydrogen-bond acceptors (Lipinski definition) is 2. The van der Waals surface area contributed by atoms with Gasteiger partial charge in [0.05, 0.1) is 0 Å². The van der Waals surface area contributed by atoms with E-state index < -0.39 is 0 Å². The van der Waals surface area contributed by atoms with Crippen LogP contribution in [0.3, 0.4) is 0 Å². The van der Waals surface area contributed by atoms with Crippen LogP contribution in [0, 0.1) is 5.92 Å². The second-order valence-corrected chi connectivity index (χ2v) is 4.93. The zero-order valence-electron chi connectivity index (χ0n) is 10.8. The Morgan fingerprint density at radius 3 is 3.00 bits per heavy atom. The minimum Gasteiger partial charge on any atom is -0.353 e. The standard InChI is InChI=1S/C14H20N2O2/c1-2-3-4-5-14(18)16-9-8-12-11(10-16)6-7-13(17)15-12/h2-5,11-12H,6-10H2,1H3,(H,15,17). The Labute approximate surface area is 108 Å². The van der Waals surface area contributed by atoms with Gasteiger partial charge in [-0.25, -0.2) is 0 Å². The Morgan fingerprint density at radius 1 is 1.39 bits per heavy atom. The molecule has 98 valence electrons. The number of carbonyl (C=O) groups is 2. The van der Waals surface area contributed by atoms with Crippen molar-refractivity contribution in [1.82, 2.24) is 10.2 Å². The van der Waals surface area contributed by atoms with Gasteiger partial charge in [-0.15, -0.1) is 0 Å². The molecule has 4 nitrogen and oxygen atoms in total. The highest BCUT2D eigenvalue weighted by Crippen LogP contribution is 2.25. The van der Waals surface area contributed by atoms with Crippen LogP contribution in [0.4, 0.5) is 0 Å². The van der Waals surface area contributed by atoms with Gasteiger partial charge in [-0.2, -0.15) is 0 Å². The van der Waals surface area contributed by atoms with E-state index in [0.29, 0.717) is 12.3 Å². The fraction of sp³-hybridized carbons (Fsp3) is 0.571. The molecule has 2 fully saturated rings. The van der Waals surface area contributed by atoms with E-state index >= 15 is 0 Å². The van der Waals surface area contributed by atoms with E-state index in [-0.39, 0.29) is 17.9 Å². The maximum atomic E-state index is 11.9. The van der Waals surface area contributed by atoms with E-state index in [4.69, 9.17) is 0 Å². The van der Waals surface area contributed by atoms with Gasteiger partial charge in [-0.05, 0) is 25.7 Å². The molecule has 2 amide bonds. The SMILES string of the molecule is CC=CC=CC(=O)N1CCC2NC(=O)CCC2C1. The van der Waals surface area contributed by atoms with Gasteiger partial charge < -0.3 is 10.2 Å². The van der Waals surface area contributed by atoms with Gasteiger partial charge in [-0.1, -0.05) is 18.2 Å². The third kappa shape index (κ3) is 3.00. The lowest BCUT2D eigenvalue weighted by Gasteiger charge is -2.41. The molecule has 2 heterocycles. The molecule has 2 aliphatic rings. The maximum Gasteiger partial charge on any atom is 0.246 e. The van der Waals surface area contributed by atoms with Gasteiger partial charge in [0.2, 0.25) is 11.8 Å². The smallest absolute Gasteiger partial charge is 0.246 e. The molecule has 0 bridgehead atoms. The summed E-state index contributed by atoms with van der Waals surface area (Å²) in [6.07, 6.45) is 9.51. The topological polar surface area (TPSA) is 49.4 Å². The first-order valence-electron chi connectivity index (χ1n) is 6.58. The largest absolute Gasteiger partial charge is 0.353 e. The van der Waals surface area contributed by atoms with Crippen molar-refractivity contribution in [3.63, 3.8) is 0 Å². The molecular weight excluding hydrogens is 228 g/mol. The first-order valence-corrected chi connectivity index (χ1v) is 6.58. The summed E-state index contributed by atoms with van der Waals surface area (Å²) in [4.78, 5) is 25.1. The summed E-state index contributed by atoms with van der Waals surface area (Å²) < 4.78 is 0. The molecule has 2 rings (SSSR count). The van der Waals surface area contributed by atoms with Crippen LogP contribution in [0.1, 0.15) is 26.2 Å². The molecular formula is C14H20N2O2. The van der Waals surface area contributed by atoms with E-state index in [1.54, 1.807) is 12.2 Å². The molecule has 1 N–H and O–H groups in total. The van der Waals surface area contributed by atoms with Crippen LogP contribution in [-0.2, 0) is 9.59 Å². The second-order valence-electron chi connectivity index (χ2n) is 4.93. The summed E-state index contributed by atoms with van der Waals surface area (Å²) in [6.45, 7) is 3.43. The van der Waals surface area contributed by atoms with Crippen molar-refractivity contribution >= 4 is 11.8 Å². The molecule has 0 aromatic carbocycles. The van der Waals surface area contributed by atoms with Crippen molar-refractivity contribution in [2.45, 2.75) is 32.2 Å². The van der Waals surface area contributed by atoms with Crippen molar-refractivity contribution in [2.75, 3.05) is 13.1 Å². The third-order valence-electron chi connectivity index (χ3n) is 3.68. The van der Waals surface area contributed by atoms with Gasteiger partial charge in [-0.3, -0.25) is 9.59 Å². The molecule has 2 saturated heterocycles. The third-order valence-corrected chi connectivity index (χ3v) is 3.68. The van der Waals surface area contributed by atoms with Gasteiger partial charge in [0, 0.05) is 31.6 Å². The Bertz CT molecular complexity index is 387. The van der Waals surface area contributed by atoms with Crippen LogP contribution in [-0.4, -0.2) is 35.8 Å². The van der Waals surface area contributed by atoms with Crippen LogP contribution in [0.5, 0.6) is 0 Å². The zero-order chi connectivity index (χ0) is 13.0. The average molecular weight is 248 g/mol. The van der Waals surface area contributed by atoms with E-state index in [2.05, 4.69) is 5.32 Å².